The van der Waals surface area contributed by atoms with Gasteiger partial charge in [-0.2, -0.15) is 0 Å². The summed E-state index contributed by atoms with van der Waals surface area (Å²) in [5, 5.41) is 9.96. The zero-order valence-electron chi connectivity index (χ0n) is 8.06. The fourth-order valence-electron chi connectivity index (χ4n) is 0.539. The first-order chi connectivity index (χ1) is 5.37. The lowest BCUT2D eigenvalue weighted by molar-refractivity contribution is -0.113. The maximum Gasteiger partial charge on any atom is 0.162 e. The number of hydrogen-bond donors (Lipinski definition) is 2. The van der Waals surface area contributed by atoms with Crippen molar-refractivity contribution in [3.8, 4) is 0 Å². The Labute approximate surface area is 73.4 Å². The molecule has 3 heteroatoms. The molecule has 0 aromatic rings. The third kappa shape index (κ3) is 4.66. The minimum absolute atomic E-state index is 0.0658. The zero-order chi connectivity index (χ0) is 9.78. The van der Waals surface area contributed by atoms with Crippen LogP contribution < -0.4 is 5.32 Å². The molecule has 0 saturated carbocycles. The van der Waals surface area contributed by atoms with Crippen LogP contribution >= 0.6 is 0 Å². The molecule has 0 aliphatic carbocycles. The highest BCUT2D eigenvalue weighted by Gasteiger charge is 2.07. The predicted molar refractivity (Wildman–Crippen MR) is 50.4 cm³/mol. The summed E-state index contributed by atoms with van der Waals surface area (Å²) in [6.07, 6.45) is 2.64. The SMILES string of the molecule is CC(=O)/C(C=N)=C/NC(C)(C)C. The Bertz CT molecular complexity index is 211. The van der Waals surface area contributed by atoms with E-state index in [4.69, 9.17) is 5.41 Å². The molecule has 0 unspecified atom stereocenters. The molecule has 0 saturated heterocycles. The van der Waals surface area contributed by atoms with E-state index in [1.165, 1.54) is 6.92 Å². The van der Waals surface area contributed by atoms with Gasteiger partial charge in [0.25, 0.3) is 0 Å². The lowest BCUT2D eigenvalue weighted by Crippen LogP contribution is -2.32. The molecule has 0 heterocycles. The second-order valence-electron chi connectivity index (χ2n) is 3.69. The quantitative estimate of drug-likeness (QED) is 0.495. The highest BCUT2D eigenvalue weighted by Crippen LogP contribution is 1.99. The molecule has 2 N–H and O–H groups in total. The molecule has 0 fully saturated rings. The zero-order valence-corrected chi connectivity index (χ0v) is 8.06. The van der Waals surface area contributed by atoms with Crippen molar-refractivity contribution in [3.63, 3.8) is 0 Å². The first kappa shape index (κ1) is 10.9. The van der Waals surface area contributed by atoms with Crippen LogP contribution in [0.25, 0.3) is 0 Å². The third-order valence-corrected chi connectivity index (χ3v) is 1.22. The van der Waals surface area contributed by atoms with E-state index >= 15 is 0 Å². The molecule has 0 bridgehead atoms. The number of ketones is 1. The monoisotopic (exact) mass is 168 g/mol. The van der Waals surface area contributed by atoms with E-state index < -0.39 is 0 Å². The van der Waals surface area contributed by atoms with E-state index in [1.54, 1.807) is 6.20 Å². The molecule has 0 aromatic heterocycles. The summed E-state index contributed by atoms with van der Waals surface area (Å²) in [7, 11) is 0. The van der Waals surface area contributed by atoms with E-state index in [2.05, 4.69) is 5.32 Å². The fourth-order valence-corrected chi connectivity index (χ4v) is 0.539. The van der Waals surface area contributed by atoms with Crippen LogP contribution in [0.4, 0.5) is 0 Å². The summed E-state index contributed by atoms with van der Waals surface area (Å²) in [5.74, 6) is -0.0956. The molecule has 0 aromatic carbocycles. The van der Waals surface area contributed by atoms with Crippen LogP contribution in [-0.4, -0.2) is 17.5 Å². The fraction of sp³-hybridized carbons (Fsp3) is 0.556. The highest BCUT2D eigenvalue weighted by molar-refractivity contribution is 6.11. The number of hydrogen-bond acceptors (Lipinski definition) is 3. The van der Waals surface area contributed by atoms with Crippen LogP contribution in [0.3, 0.4) is 0 Å². The van der Waals surface area contributed by atoms with Gasteiger partial charge in [0.2, 0.25) is 0 Å². The number of carbonyl (C=O) groups is 1. The third-order valence-electron chi connectivity index (χ3n) is 1.22. The van der Waals surface area contributed by atoms with Crippen molar-refractivity contribution in [2.24, 2.45) is 0 Å². The normalized spacial score (nSPS) is 12.5. The van der Waals surface area contributed by atoms with Crippen molar-refractivity contribution < 1.29 is 4.79 Å². The Kier molecular flexibility index (Phi) is 3.67. The first-order valence-electron chi connectivity index (χ1n) is 3.86. The molecule has 0 amide bonds. The van der Waals surface area contributed by atoms with Gasteiger partial charge in [-0.05, 0) is 27.7 Å². The summed E-state index contributed by atoms with van der Waals surface area (Å²) in [6.45, 7) is 7.42. The first-order valence-corrected chi connectivity index (χ1v) is 3.86. The summed E-state index contributed by atoms with van der Waals surface area (Å²) < 4.78 is 0. The standard InChI is InChI=1S/C9H16N2O/c1-7(12)8(5-10)6-11-9(2,3)4/h5-6,10-11H,1-4H3/b8-6+,10-5?. The Morgan fingerprint density at radius 1 is 1.42 bits per heavy atom. The Hall–Kier alpha value is -1.12. The molecule has 68 valence electrons. The van der Waals surface area contributed by atoms with Gasteiger partial charge in [0, 0.05) is 18.0 Å². The van der Waals surface area contributed by atoms with Crippen LogP contribution in [0.1, 0.15) is 27.7 Å². The Morgan fingerprint density at radius 2 is 1.92 bits per heavy atom. The number of allylic oxidation sites excluding steroid dienone is 1. The molecule has 0 aliphatic heterocycles. The minimum Gasteiger partial charge on any atom is -0.386 e. The van der Waals surface area contributed by atoms with Crippen molar-refractivity contribution >= 4 is 12.0 Å². The summed E-state index contributed by atoms with van der Waals surface area (Å²) in [5.41, 5.74) is 0.328. The molecular weight excluding hydrogens is 152 g/mol. The van der Waals surface area contributed by atoms with Gasteiger partial charge in [-0.1, -0.05) is 0 Å². The summed E-state index contributed by atoms with van der Waals surface area (Å²) >= 11 is 0. The molecule has 0 aliphatic rings. The number of rotatable bonds is 3. The average molecular weight is 168 g/mol. The van der Waals surface area contributed by atoms with Crippen molar-refractivity contribution in [1.82, 2.24) is 5.32 Å². The van der Waals surface area contributed by atoms with E-state index in [-0.39, 0.29) is 11.3 Å². The van der Waals surface area contributed by atoms with Crippen molar-refractivity contribution in [2.75, 3.05) is 0 Å². The lowest BCUT2D eigenvalue weighted by atomic mass is 10.1. The van der Waals surface area contributed by atoms with Gasteiger partial charge in [-0.25, -0.2) is 0 Å². The molecule has 3 nitrogen and oxygen atoms in total. The molecule has 0 spiro atoms. The highest BCUT2D eigenvalue weighted by atomic mass is 16.1. The minimum atomic E-state index is -0.0956. The van der Waals surface area contributed by atoms with Crippen LogP contribution in [0.5, 0.6) is 0 Å². The predicted octanol–water partition coefficient (Wildman–Crippen LogP) is 1.50. The molecule has 12 heavy (non-hydrogen) atoms. The Morgan fingerprint density at radius 3 is 2.17 bits per heavy atom. The molecular formula is C9H16N2O. The maximum absolute atomic E-state index is 10.8. The Balaban J connectivity index is 4.32. The van der Waals surface area contributed by atoms with Crippen LogP contribution in [0.2, 0.25) is 0 Å². The van der Waals surface area contributed by atoms with E-state index in [0.29, 0.717) is 5.57 Å². The van der Waals surface area contributed by atoms with Gasteiger partial charge >= 0.3 is 0 Å². The molecule has 0 radical (unpaired) electrons. The van der Waals surface area contributed by atoms with Gasteiger partial charge in [0.1, 0.15) is 0 Å². The summed E-state index contributed by atoms with van der Waals surface area (Å²) in [4.78, 5) is 10.8. The van der Waals surface area contributed by atoms with Crippen LogP contribution in [-0.2, 0) is 4.79 Å². The van der Waals surface area contributed by atoms with Crippen molar-refractivity contribution in [1.29, 1.82) is 5.41 Å². The largest absolute Gasteiger partial charge is 0.386 e. The molecule has 0 atom stereocenters. The van der Waals surface area contributed by atoms with Crippen molar-refractivity contribution in [3.05, 3.63) is 11.8 Å². The van der Waals surface area contributed by atoms with Gasteiger partial charge in [-0.3, -0.25) is 4.79 Å². The number of nitrogens with one attached hydrogen (secondary N) is 2. The van der Waals surface area contributed by atoms with Gasteiger partial charge in [-0.15, -0.1) is 0 Å². The smallest absolute Gasteiger partial charge is 0.162 e. The topological polar surface area (TPSA) is 53.0 Å². The van der Waals surface area contributed by atoms with E-state index in [1.807, 2.05) is 20.8 Å². The number of Topliss-reactive ketones (excluding diaryl/α,β-unsaturated/α-hetero) is 1. The average Bonchev–Trinajstić information content (AvgIpc) is 1.85. The van der Waals surface area contributed by atoms with Crippen molar-refractivity contribution in [2.45, 2.75) is 33.2 Å². The second-order valence-corrected chi connectivity index (χ2v) is 3.69. The summed E-state index contributed by atoms with van der Waals surface area (Å²) in [6, 6.07) is 0. The van der Waals surface area contributed by atoms with Crippen LogP contribution in [0.15, 0.2) is 11.8 Å². The number of carbonyl (C=O) groups excluding carboxylic acids is 1. The van der Waals surface area contributed by atoms with E-state index in [9.17, 15) is 4.79 Å². The van der Waals surface area contributed by atoms with E-state index in [0.717, 1.165) is 6.21 Å². The molecule has 0 rings (SSSR count). The lowest BCUT2D eigenvalue weighted by Gasteiger charge is -2.18. The van der Waals surface area contributed by atoms with Gasteiger partial charge < -0.3 is 10.7 Å². The second kappa shape index (κ2) is 4.04. The van der Waals surface area contributed by atoms with Crippen LogP contribution in [0, 0.1) is 5.41 Å². The van der Waals surface area contributed by atoms with Gasteiger partial charge in [0.05, 0.1) is 5.57 Å². The maximum atomic E-state index is 10.8. The van der Waals surface area contributed by atoms with Gasteiger partial charge in [0.15, 0.2) is 5.78 Å².